The van der Waals surface area contributed by atoms with Crippen LogP contribution in [0, 0.1) is 18.2 Å². The maximum atomic E-state index is 13.3. The number of aryl methyl sites for hydroxylation is 1. The van der Waals surface area contributed by atoms with Crippen LogP contribution in [-0.4, -0.2) is 31.6 Å². The Morgan fingerprint density at radius 2 is 2.09 bits per heavy atom. The normalized spacial score (nSPS) is 17.0. The molecule has 1 fully saturated rings. The standard InChI is InChI=1S/C17H23FN2O3/c1-11-5-6-13(18)9-14(11)20-15(21)12(2)19-16(22)17(10-23-3)7-4-8-17/h5-6,9,12H,4,7-8,10H2,1-3H3,(H,19,22)(H,20,21). The second kappa shape index (κ2) is 7.08. The molecule has 6 heteroatoms. The molecular weight excluding hydrogens is 299 g/mol. The highest BCUT2D eigenvalue weighted by Crippen LogP contribution is 2.41. The molecule has 126 valence electrons. The van der Waals surface area contributed by atoms with Crippen LogP contribution in [-0.2, 0) is 14.3 Å². The second-order valence-corrected chi connectivity index (χ2v) is 6.21. The number of anilines is 1. The monoisotopic (exact) mass is 322 g/mol. The fourth-order valence-corrected chi connectivity index (χ4v) is 2.70. The number of amides is 2. The number of hydrogen-bond acceptors (Lipinski definition) is 3. The largest absolute Gasteiger partial charge is 0.384 e. The third-order valence-corrected chi connectivity index (χ3v) is 4.41. The molecule has 0 saturated heterocycles. The molecule has 0 bridgehead atoms. The maximum absolute atomic E-state index is 13.3. The molecule has 1 aromatic rings. The van der Waals surface area contributed by atoms with E-state index >= 15 is 0 Å². The summed E-state index contributed by atoms with van der Waals surface area (Å²) in [6.45, 7) is 3.75. The van der Waals surface area contributed by atoms with Crippen molar-refractivity contribution < 1.29 is 18.7 Å². The van der Waals surface area contributed by atoms with Crippen LogP contribution < -0.4 is 10.6 Å². The van der Waals surface area contributed by atoms with Crippen LogP contribution in [0.15, 0.2) is 18.2 Å². The lowest BCUT2D eigenvalue weighted by Crippen LogP contribution is -2.53. The van der Waals surface area contributed by atoms with E-state index in [1.165, 1.54) is 12.1 Å². The zero-order valence-electron chi connectivity index (χ0n) is 13.7. The van der Waals surface area contributed by atoms with Crippen molar-refractivity contribution in [2.45, 2.75) is 39.2 Å². The van der Waals surface area contributed by atoms with Crippen LogP contribution in [0.5, 0.6) is 0 Å². The van der Waals surface area contributed by atoms with Gasteiger partial charge in [-0.05, 0) is 44.4 Å². The quantitative estimate of drug-likeness (QED) is 0.845. The van der Waals surface area contributed by atoms with Crippen molar-refractivity contribution in [3.8, 4) is 0 Å². The minimum atomic E-state index is -0.709. The molecule has 2 N–H and O–H groups in total. The molecule has 2 amide bonds. The molecule has 1 atom stereocenters. The molecule has 1 aliphatic carbocycles. The van der Waals surface area contributed by atoms with Gasteiger partial charge in [-0.25, -0.2) is 4.39 Å². The molecule has 23 heavy (non-hydrogen) atoms. The fraction of sp³-hybridized carbons (Fsp3) is 0.529. The molecule has 0 radical (unpaired) electrons. The van der Waals surface area contributed by atoms with Crippen molar-refractivity contribution in [3.05, 3.63) is 29.6 Å². The summed E-state index contributed by atoms with van der Waals surface area (Å²) in [4.78, 5) is 24.6. The van der Waals surface area contributed by atoms with Gasteiger partial charge >= 0.3 is 0 Å². The summed E-state index contributed by atoms with van der Waals surface area (Å²) < 4.78 is 18.4. The third-order valence-electron chi connectivity index (χ3n) is 4.41. The molecule has 1 saturated carbocycles. The lowest BCUT2D eigenvalue weighted by molar-refractivity contribution is -0.142. The van der Waals surface area contributed by atoms with Gasteiger partial charge in [0.05, 0.1) is 12.0 Å². The van der Waals surface area contributed by atoms with E-state index in [0.29, 0.717) is 12.3 Å². The predicted octanol–water partition coefficient (Wildman–Crippen LogP) is 2.39. The first-order chi connectivity index (χ1) is 10.9. The van der Waals surface area contributed by atoms with E-state index in [4.69, 9.17) is 4.74 Å². The van der Waals surface area contributed by atoms with Crippen LogP contribution in [0.4, 0.5) is 10.1 Å². The second-order valence-electron chi connectivity index (χ2n) is 6.21. The Morgan fingerprint density at radius 3 is 2.65 bits per heavy atom. The van der Waals surface area contributed by atoms with Crippen molar-refractivity contribution >= 4 is 17.5 Å². The summed E-state index contributed by atoms with van der Waals surface area (Å²) in [6, 6.07) is 3.48. The number of rotatable bonds is 6. The van der Waals surface area contributed by atoms with E-state index in [2.05, 4.69) is 10.6 Å². The fourth-order valence-electron chi connectivity index (χ4n) is 2.70. The Kier molecular flexibility index (Phi) is 5.36. The topological polar surface area (TPSA) is 67.4 Å². The molecule has 0 aliphatic heterocycles. The van der Waals surface area contributed by atoms with E-state index in [-0.39, 0.29) is 11.8 Å². The number of carbonyl (C=O) groups is 2. The number of ether oxygens (including phenoxy) is 1. The van der Waals surface area contributed by atoms with Gasteiger partial charge in [0.15, 0.2) is 0 Å². The number of carbonyl (C=O) groups excluding carboxylic acids is 2. The van der Waals surface area contributed by atoms with Crippen molar-refractivity contribution in [2.75, 3.05) is 19.0 Å². The number of nitrogens with one attached hydrogen (secondary N) is 2. The summed E-state index contributed by atoms with van der Waals surface area (Å²) in [7, 11) is 1.57. The predicted molar refractivity (Wildman–Crippen MR) is 85.5 cm³/mol. The molecule has 1 unspecified atom stereocenters. The summed E-state index contributed by atoms with van der Waals surface area (Å²) in [6.07, 6.45) is 2.52. The van der Waals surface area contributed by atoms with Gasteiger partial charge in [0, 0.05) is 12.8 Å². The molecule has 2 rings (SSSR count). The lowest BCUT2D eigenvalue weighted by Gasteiger charge is -2.40. The Bertz CT molecular complexity index is 600. The summed E-state index contributed by atoms with van der Waals surface area (Å²) in [5.41, 5.74) is 0.650. The number of methoxy groups -OCH3 is 1. The van der Waals surface area contributed by atoms with E-state index in [1.54, 1.807) is 27.0 Å². The molecule has 0 heterocycles. The number of benzene rings is 1. The van der Waals surface area contributed by atoms with Crippen molar-refractivity contribution in [1.82, 2.24) is 5.32 Å². The SMILES string of the molecule is COCC1(C(=O)NC(C)C(=O)Nc2cc(F)ccc2C)CCC1. The van der Waals surface area contributed by atoms with E-state index in [1.807, 2.05) is 0 Å². The van der Waals surface area contributed by atoms with Crippen LogP contribution in [0.3, 0.4) is 0 Å². The highest BCUT2D eigenvalue weighted by molar-refractivity contribution is 5.98. The van der Waals surface area contributed by atoms with Gasteiger partial charge in [0.1, 0.15) is 11.9 Å². The highest BCUT2D eigenvalue weighted by atomic mass is 19.1. The molecule has 5 nitrogen and oxygen atoms in total. The Balaban J connectivity index is 1.97. The smallest absolute Gasteiger partial charge is 0.246 e. The Hall–Kier alpha value is -1.95. The summed E-state index contributed by atoms with van der Waals surface area (Å²) in [5.74, 6) is -0.959. The van der Waals surface area contributed by atoms with Crippen molar-refractivity contribution in [3.63, 3.8) is 0 Å². The van der Waals surface area contributed by atoms with E-state index in [9.17, 15) is 14.0 Å². The van der Waals surface area contributed by atoms with Crippen LogP contribution in [0.1, 0.15) is 31.7 Å². The van der Waals surface area contributed by atoms with Crippen LogP contribution in [0.25, 0.3) is 0 Å². The first kappa shape index (κ1) is 17.4. The van der Waals surface area contributed by atoms with Gasteiger partial charge in [-0.3, -0.25) is 9.59 Å². The molecule has 1 aromatic carbocycles. The average Bonchev–Trinajstić information content (AvgIpc) is 2.46. The molecule has 0 spiro atoms. The van der Waals surface area contributed by atoms with Crippen LogP contribution >= 0.6 is 0 Å². The van der Waals surface area contributed by atoms with E-state index in [0.717, 1.165) is 24.8 Å². The zero-order chi connectivity index (χ0) is 17.0. The Morgan fingerprint density at radius 1 is 1.39 bits per heavy atom. The van der Waals surface area contributed by atoms with E-state index < -0.39 is 17.3 Å². The van der Waals surface area contributed by atoms with Gasteiger partial charge in [-0.1, -0.05) is 12.5 Å². The third kappa shape index (κ3) is 3.88. The summed E-state index contributed by atoms with van der Waals surface area (Å²) >= 11 is 0. The van der Waals surface area contributed by atoms with Gasteiger partial charge in [0.25, 0.3) is 0 Å². The minimum absolute atomic E-state index is 0.163. The van der Waals surface area contributed by atoms with Gasteiger partial charge in [-0.2, -0.15) is 0 Å². The average molecular weight is 322 g/mol. The summed E-state index contributed by atoms with van der Waals surface area (Å²) in [5, 5.41) is 5.39. The molecule has 1 aliphatic rings. The van der Waals surface area contributed by atoms with Crippen molar-refractivity contribution in [1.29, 1.82) is 0 Å². The molecular formula is C17H23FN2O3. The lowest BCUT2D eigenvalue weighted by atomic mass is 9.68. The minimum Gasteiger partial charge on any atom is -0.384 e. The van der Waals surface area contributed by atoms with Gasteiger partial charge < -0.3 is 15.4 Å². The molecule has 0 aromatic heterocycles. The first-order valence-corrected chi connectivity index (χ1v) is 7.75. The Labute approximate surface area is 135 Å². The van der Waals surface area contributed by atoms with Crippen LogP contribution in [0.2, 0.25) is 0 Å². The first-order valence-electron chi connectivity index (χ1n) is 7.75. The van der Waals surface area contributed by atoms with Crippen molar-refractivity contribution in [2.24, 2.45) is 5.41 Å². The number of hydrogen-bond donors (Lipinski definition) is 2. The van der Waals surface area contributed by atoms with Gasteiger partial charge in [-0.15, -0.1) is 0 Å². The highest BCUT2D eigenvalue weighted by Gasteiger charge is 2.44. The maximum Gasteiger partial charge on any atom is 0.246 e. The zero-order valence-corrected chi connectivity index (χ0v) is 13.7. The number of halogens is 1. The van der Waals surface area contributed by atoms with Gasteiger partial charge in [0.2, 0.25) is 11.8 Å².